The van der Waals surface area contributed by atoms with Gasteiger partial charge in [-0.2, -0.15) is 0 Å². The molecule has 1 aromatic carbocycles. The number of furan rings is 1. The van der Waals surface area contributed by atoms with Crippen molar-refractivity contribution in [3.8, 4) is 0 Å². The van der Waals surface area contributed by atoms with Gasteiger partial charge in [-0.1, -0.05) is 26.0 Å². The predicted molar refractivity (Wildman–Crippen MR) is 73.2 cm³/mol. The van der Waals surface area contributed by atoms with Crippen LogP contribution in [0.15, 0.2) is 40.8 Å². The van der Waals surface area contributed by atoms with Crippen LogP contribution in [0.3, 0.4) is 0 Å². The second-order valence-corrected chi connectivity index (χ2v) is 4.63. The highest BCUT2D eigenvalue weighted by molar-refractivity contribution is 5.45. The molecule has 19 heavy (non-hydrogen) atoms. The number of hydrogen-bond donors (Lipinski definition) is 1. The molecule has 0 saturated carbocycles. The van der Waals surface area contributed by atoms with E-state index in [9.17, 15) is 10.1 Å². The van der Waals surface area contributed by atoms with Crippen LogP contribution in [-0.2, 0) is 6.54 Å². The molecule has 0 aliphatic rings. The number of nitrogens with one attached hydrogen (secondary N) is 1. The van der Waals surface area contributed by atoms with Crippen LogP contribution in [0.1, 0.15) is 31.1 Å². The molecular weight excluding hydrogens is 244 g/mol. The van der Waals surface area contributed by atoms with Gasteiger partial charge in [0.1, 0.15) is 10.7 Å². The van der Waals surface area contributed by atoms with Gasteiger partial charge in [0.05, 0.1) is 12.6 Å². The minimum Gasteiger partial charge on any atom is -0.404 e. The lowest BCUT2D eigenvalue weighted by Gasteiger charge is -2.08. The Morgan fingerprint density at radius 2 is 1.89 bits per heavy atom. The van der Waals surface area contributed by atoms with E-state index in [4.69, 9.17) is 4.42 Å². The summed E-state index contributed by atoms with van der Waals surface area (Å²) in [6.45, 7) is 4.71. The lowest BCUT2D eigenvalue weighted by atomic mass is 10.0. The standard InChI is InChI=1S/C14H16N2O3/c1-10(2)11-3-5-12(6-4-11)15-9-13-7-8-14(19-13)16(17)18/h3-8,10,15H,9H2,1-2H3. The minimum absolute atomic E-state index is 0.230. The van der Waals surface area contributed by atoms with Gasteiger partial charge in [-0.15, -0.1) is 0 Å². The molecular formula is C14H16N2O3. The van der Waals surface area contributed by atoms with E-state index < -0.39 is 4.92 Å². The third kappa shape index (κ3) is 3.34. The van der Waals surface area contributed by atoms with Crippen molar-refractivity contribution in [3.63, 3.8) is 0 Å². The fourth-order valence-corrected chi connectivity index (χ4v) is 1.73. The van der Waals surface area contributed by atoms with Crippen LogP contribution in [0.5, 0.6) is 0 Å². The Balaban J connectivity index is 1.96. The maximum absolute atomic E-state index is 10.5. The normalized spacial score (nSPS) is 10.7. The monoisotopic (exact) mass is 260 g/mol. The first-order valence-corrected chi connectivity index (χ1v) is 6.13. The molecule has 0 spiro atoms. The summed E-state index contributed by atoms with van der Waals surface area (Å²) in [7, 11) is 0. The molecule has 0 aliphatic heterocycles. The van der Waals surface area contributed by atoms with Crippen molar-refractivity contribution in [1.82, 2.24) is 0 Å². The summed E-state index contributed by atoms with van der Waals surface area (Å²) in [4.78, 5) is 9.94. The fraction of sp³-hybridized carbons (Fsp3) is 0.286. The van der Waals surface area contributed by atoms with Gasteiger partial charge in [0.15, 0.2) is 0 Å². The third-order valence-corrected chi connectivity index (χ3v) is 2.87. The Kier molecular flexibility index (Phi) is 3.85. The SMILES string of the molecule is CC(C)c1ccc(NCc2ccc([N+](=O)[O-])o2)cc1. The van der Waals surface area contributed by atoms with Crippen molar-refractivity contribution in [2.24, 2.45) is 0 Å². The number of rotatable bonds is 5. The van der Waals surface area contributed by atoms with E-state index in [1.165, 1.54) is 11.6 Å². The maximum Gasteiger partial charge on any atom is 0.433 e. The molecule has 0 unspecified atom stereocenters. The fourth-order valence-electron chi connectivity index (χ4n) is 1.73. The van der Waals surface area contributed by atoms with Gasteiger partial charge in [0.25, 0.3) is 0 Å². The Labute approximate surface area is 111 Å². The first-order valence-electron chi connectivity index (χ1n) is 6.13. The molecule has 5 heteroatoms. The van der Waals surface area contributed by atoms with Crippen LogP contribution in [0, 0.1) is 10.1 Å². The van der Waals surface area contributed by atoms with Crippen molar-refractivity contribution >= 4 is 11.6 Å². The number of nitro groups is 1. The zero-order valence-electron chi connectivity index (χ0n) is 10.9. The molecule has 0 fully saturated rings. The minimum atomic E-state index is -0.541. The van der Waals surface area contributed by atoms with Gasteiger partial charge < -0.3 is 9.73 Å². The van der Waals surface area contributed by atoms with Crippen molar-refractivity contribution in [2.45, 2.75) is 26.3 Å². The maximum atomic E-state index is 10.5. The van der Waals surface area contributed by atoms with Crippen LogP contribution in [0.4, 0.5) is 11.6 Å². The topological polar surface area (TPSA) is 68.3 Å². The Morgan fingerprint density at radius 3 is 2.42 bits per heavy atom. The van der Waals surface area contributed by atoms with E-state index >= 15 is 0 Å². The van der Waals surface area contributed by atoms with Gasteiger partial charge >= 0.3 is 5.88 Å². The highest BCUT2D eigenvalue weighted by Crippen LogP contribution is 2.19. The largest absolute Gasteiger partial charge is 0.433 e. The van der Waals surface area contributed by atoms with Gasteiger partial charge in [-0.3, -0.25) is 10.1 Å². The smallest absolute Gasteiger partial charge is 0.404 e. The van der Waals surface area contributed by atoms with Gasteiger partial charge in [-0.05, 0) is 29.7 Å². The first kappa shape index (κ1) is 13.1. The van der Waals surface area contributed by atoms with E-state index in [1.54, 1.807) is 6.07 Å². The summed E-state index contributed by atoms with van der Waals surface area (Å²) in [5, 5.41) is 13.6. The molecule has 100 valence electrons. The van der Waals surface area contributed by atoms with E-state index in [0.29, 0.717) is 18.2 Å². The lowest BCUT2D eigenvalue weighted by molar-refractivity contribution is -0.402. The van der Waals surface area contributed by atoms with Gasteiger partial charge in [0, 0.05) is 5.69 Å². The van der Waals surface area contributed by atoms with Crippen LogP contribution in [-0.4, -0.2) is 4.92 Å². The summed E-state index contributed by atoms with van der Waals surface area (Å²) in [6, 6.07) is 11.1. The van der Waals surface area contributed by atoms with E-state index in [-0.39, 0.29) is 5.88 Å². The number of anilines is 1. The third-order valence-electron chi connectivity index (χ3n) is 2.87. The quantitative estimate of drug-likeness (QED) is 0.653. The number of hydrogen-bond acceptors (Lipinski definition) is 4. The van der Waals surface area contributed by atoms with Crippen LogP contribution in [0.25, 0.3) is 0 Å². The molecule has 1 N–H and O–H groups in total. The summed E-state index contributed by atoms with van der Waals surface area (Å²) >= 11 is 0. The number of benzene rings is 1. The van der Waals surface area contributed by atoms with Crippen molar-refractivity contribution in [3.05, 3.63) is 57.8 Å². The predicted octanol–water partition coefficient (Wildman–Crippen LogP) is 3.92. The molecule has 2 aromatic rings. The Bertz CT molecular complexity index is 558. The highest BCUT2D eigenvalue weighted by atomic mass is 16.6. The van der Waals surface area contributed by atoms with Crippen LogP contribution < -0.4 is 5.32 Å². The van der Waals surface area contributed by atoms with Crippen molar-refractivity contribution in [1.29, 1.82) is 0 Å². The Morgan fingerprint density at radius 1 is 1.21 bits per heavy atom. The average Bonchev–Trinajstić information content (AvgIpc) is 2.86. The Hall–Kier alpha value is -2.30. The second kappa shape index (κ2) is 5.56. The second-order valence-electron chi connectivity index (χ2n) is 4.63. The molecule has 2 rings (SSSR count). The molecule has 0 amide bonds. The molecule has 0 aliphatic carbocycles. The zero-order valence-corrected chi connectivity index (χ0v) is 10.9. The average molecular weight is 260 g/mol. The van der Waals surface area contributed by atoms with E-state index in [2.05, 4.69) is 31.3 Å². The van der Waals surface area contributed by atoms with Crippen molar-refractivity contribution < 1.29 is 9.34 Å². The van der Waals surface area contributed by atoms with E-state index in [0.717, 1.165) is 5.69 Å². The first-order chi connectivity index (χ1) is 9.06. The molecule has 0 saturated heterocycles. The molecule has 0 bridgehead atoms. The molecule has 5 nitrogen and oxygen atoms in total. The zero-order chi connectivity index (χ0) is 13.8. The van der Waals surface area contributed by atoms with Crippen LogP contribution in [0.2, 0.25) is 0 Å². The number of nitrogens with zero attached hydrogens (tertiary/aromatic N) is 1. The lowest BCUT2D eigenvalue weighted by Crippen LogP contribution is -1.98. The summed E-state index contributed by atoms with van der Waals surface area (Å²) < 4.78 is 5.07. The molecule has 1 heterocycles. The van der Waals surface area contributed by atoms with E-state index in [1.807, 2.05) is 12.1 Å². The molecule has 0 radical (unpaired) electrons. The molecule has 0 atom stereocenters. The highest BCUT2D eigenvalue weighted by Gasteiger charge is 2.11. The van der Waals surface area contributed by atoms with Gasteiger partial charge in [0.2, 0.25) is 0 Å². The van der Waals surface area contributed by atoms with Crippen LogP contribution >= 0.6 is 0 Å². The summed E-state index contributed by atoms with van der Waals surface area (Å²) in [5.74, 6) is 0.813. The van der Waals surface area contributed by atoms with Crippen molar-refractivity contribution in [2.75, 3.05) is 5.32 Å². The summed E-state index contributed by atoms with van der Waals surface area (Å²) in [5.41, 5.74) is 2.24. The summed E-state index contributed by atoms with van der Waals surface area (Å²) in [6.07, 6.45) is 0. The van der Waals surface area contributed by atoms with Gasteiger partial charge in [-0.25, -0.2) is 0 Å². The molecule has 1 aromatic heterocycles.